The first kappa shape index (κ1) is 18.1. The highest BCUT2D eigenvalue weighted by Crippen LogP contribution is 2.15. The molecule has 0 fully saturated rings. The van der Waals surface area contributed by atoms with E-state index in [1.54, 1.807) is 18.7 Å². The Kier molecular flexibility index (Phi) is 5.97. The molecule has 0 aliphatic heterocycles. The fourth-order valence-electron chi connectivity index (χ4n) is 2.04. The number of carbonyl (C=O) groups is 1. The largest absolute Gasteiger partial charge is 0.497 e. The normalized spacial score (nSPS) is 10.5. The third-order valence-corrected chi connectivity index (χ3v) is 4.85. The van der Waals surface area contributed by atoms with Crippen molar-refractivity contribution in [3.8, 4) is 5.75 Å². The maximum absolute atomic E-state index is 12.2. The Morgan fingerprint density at radius 2 is 2.12 bits per heavy atom. The summed E-state index contributed by atoms with van der Waals surface area (Å²) < 4.78 is 5.10. The molecule has 1 aromatic carbocycles. The number of methoxy groups -OCH3 is 1. The minimum Gasteiger partial charge on any atom is -0.497 e. The highest BCUT2D eigenvalue weighted by Gasteiger charge is 2.10. The van der Waals surface area contributed by atoms with Gasteiger partial charge in [-0.05, 0) is 17.7 Å². The van der Waals surface area contributed by atoms with E-state index in [0.717, 1.165) is 23.1 Å². The van der Waals surface area contributed by atoms with E-state index >= 15 is 0 Å². The van der Waals surface area contributed by atoms with Crippen molar-refractivity contribution in [1.29, 1.82) is 0 Å². The molecule has 0 bridgehead atoms. The molecule has 0 atom stereocenters. The summed E-state index contributed by atoms with van der Waals surface area (Å²) in [5.74, 6) is 0.619. The summed E-state index contributed by atoms with van der Waals surface area (Å²) in [5, 5.41) is 13.2. The molecular weight excluding hydrogens is 374 g/mol. The van der Waals surface area contributed by atoms with Gasteiger partial charge in [-0.25, -0.2) is 4.98 Å². The number of nitrogens with one attached hydrogen (secondary N) is 2. The van der Waals surface area contributed by atoms with Gasteiger partial charge in [-0.2, -0.15) is 0 Å². The van der Waals surface area contributed by atoms with Crippen LogP contribution in [0.4, 0.5) is 5.13 Å². The summed E-state index contributed by atoms with van der Waals surface area (Å²) in [6.07, 6.45) is 1.97. The summed E-state index contributed by atoms with van der Waals surface area (Å²) >= 11 is 2.44. The number of thioether (sulfide) groups is 1. The Balaban J connectivity index is 1.58. The van der Waals surface area contributed by atoms with Crippen LogP contribution >= 0.6 is 23.1 Å². The number of hydrogen-bond acceptors (Lipinski definition) is 8. The molecule has 134 valence electrons. The lowest BCUT2D eigenvalue weighted by Crippen LogP contribution is -2.19. The molecule has 3 rings (SSSR count). The van der Waals surface area contributed by atoms with E-state index in [2.05, 4.69) is 25.5 Å². The summed E-state index contributed by atoms with van der Waals surface area (Å²) in [6.45, 7) is 0. The summed E-state index contributed by atoms with van der Waals surface area (Å²) in [6, 6.07) is 7.38. The lowest BCUT2D eigenvalue weighted by molar-refractivity contribution is -0.113. The predicted molar refractivity (Wildman–Crippen MR) is 99.9 cm³/mol. The molecule has 26 heavy (non-hydrogen) atoms. The third kappa shape index (κ3) is 4.90. The first-order chi connectivity index (χ1) is 12.6. The van der Waals surface area contributed by atoms with Crippen molar-refractivity contribution in [2.24, 2.45) is 0 Å². The van der Waals surface area contributed by atoms with Crippen molar-refractivity contribution in [3.63, 3.8) is 0 Å². The molecule has 0 aliphatic carbocycles. The topological polar surface area (TPSA) is 110 Å². The molecule has 0 spiro atoms. The standard InChI is InChI=1S/C16H15N5O3S2/c1-24-11-4-2-10(3-5-11)8-12-14(23)19-16(21-20-12)26-9-13(22)18-15-17-6-7-25-15/h2-7H,8-9H2,1H3,(H,17,18,22)(H,19,21,23). The molecule has 0 saturated carbocycles. The number of H-pyrrole nitrogens is 1. The molecule has 2 aromatic heterocycles. The lowest BCUT2D eigenvalue weighted by atomic mass is 10.1. The number of benzene rings is 1. The second-order valence-corrected chi connectivity index (χ2v) is 6.96. The van der Waals surface area contributed by atoms with Gasteiger partial charge >= 0.3 is 0 Å². The maximum atomic E-state index is 12.2. The van der Waals surface area contributed by atoms with Gasteiger partial charge in [0.05, 0.1) is 12.9 Å². The number of anilines is 1. The molecule has 2 heterocycles. The van der Waals surface area contributed by atoms with Crippen LogP contribution in [0, 0.1) is 0 Å². The number of aromatic nitrogens is 4. The Morgan fingerprint density at radius 1 is 1.31 bits per heavy atom. The summed E-state index contributed by atoms with van der Waals surface area (Å²) in [7, 11) is 1.60. The van der Waals surface area contributed by atoms with Gasteiger partial charge in [0.1, 0.15) is 11.4 Å². The number of thiazole rings is 1. The van der Waals surface area contributed by atoms with E-state index in [1.165, 1.54) is 11.3 Å². The van der Waals surface area contributed by atoms with Crippen LogP contribution in [-0.4, -0.2) is 38.9 Å². The second-order valence-electron chi connectivity index (χ2n) is 5.10. The molecule has 0 saturated heterocycles. The molecule has 2 N–H and O–H groups in total. The van der Waals surface area contributed by atoms with Crippen molar-refractivity contribution in [1.82, 2.24) is 20.2 Å². The van der Waals surface area contributed by atoms with Crippen LogP contribution in [0.1, 0.15) is 11.3 Å². The van der Waals surface area contributed by atoms with E-state index in [0.29, 0.717) is 22.4 Å². The smallest absolute Gasteiger partial charge is 0.273 e. The number of ether oxygens (including phenoxy) is 1. The molecule has 1 amide bonds. The number of aromatic amines is 1. The molecule has 0 radical (unpaired) electrons. The molecule has 0 unspecified atom stereocenters. The first-order valence-corrected chi connectivity index (χ1v) is 9.41. The molecule has 8 nitrogen and oxygen atoms in total. The van der Waals surface area contributed by atoms with Crippen molar-refractivity contribution in [2.45, 2.75) is 11.6 Å². The second kappa shape index (κ2) is 8.59. The number of nitrogens with zero attached hydrogens (tertiary/aromatic N) is 3. The van der Waals surface area contributed by atoms with Gasteiger partial charge in [-0.3, -0.25) is 14.6 Å². The molecule has 0 aliphatic rings. The predicted octanol–water partition coefficient (Wildman–Crippen LogP) is 1.95. The van der Waals surface area contributed by atoms with E-state index in [1.807, 2.05) is 24.3 Å². The fraction of sp³-hybridized carbons (Fsp3) is 0.188. The average molecular weight is 389 g/mol. The van der Waals surface area contributed by atoms with E-state index in [-0.39, 0.29) is 17.2 Å². The first-order valence-electron chi connectivity index (χ1n) is 7.55. The van der Waals surface area contributed by atoms with Gasteiger partial charge in [0, 0.05) is 18.0 Å². The highest BCUT2D eigenvalue weighted by molar-refractivity contribution is 7.99. The van der Waals surface area contributed by atoms with Crippen LogP contribution in [0.3, 0.4) is 0 Å². The minimum absolute atomic E-state index is 0.0992. The van der Waals surface area contributed by atoms with Crippen LogP contribution in [0.25, 0.3) is 0 Å². The Bertz CT molecular complexity index is 926. The highest BCUT2D eigenvalue weighted by atomic mass is 32.2. The number of carbonyl (C=O) groups excluding carboxylic acids is 1. The molecular formula is C16H15N5O3S2. The van der Waals surface area contributed by atoms with Gasteiger partial charge in [-0.15, -0.1) is 21.5 Å². The quantitative estimate of drug-likeness (QED) is 0.594. The zero-order chi connectivity index (χ0) is 18.4. The van der Waals surface area contributed by atoms with Crippen LogP contribution in [0.5, 0.6) is 5.75 Å². The molecule has 10 heteroatoms. The van der Waals surface area contributed by atoms with Crippen molar-refractivity contribution in [3.05, 3.63) is 57.5 Å². The zero-order valence-electron chi connectivity index (χ0n) is 13.8. The maximum Gasteiger partial charge on any atom is 0.273 e. The monoisotopic (exact) mass is 389 g/mol. The average Bonchev–Trinajstić information content (AvgIpc) is 3.15. The van der Waals surface area contributed by atoms with Gasteiger partial charge in [0.2, 0.25) is 5.91 Å². The van der Waals surface area contributed by atoms with Crippen molar-refractivity contribution >= 4 is 34.1 Å². The fourth-order valence-corrected chi connectivity index (χ4v) is 3.19. The number of hydrogen-bond donors (Lipinski definition) is 2. The Hall–Kier alpha value is -2.72. The van der Waals surface area contributed by atoms with Crippen LogP contribution in [0.2, 0.25) is 0 Å². The van der Waals surface area contributed by atoms with Crippen LogP contribution in [0.15, 0.2) is 45.8 Å². The summed E-state index contributed by atoms with van der Waals surface area (Å²) in [5.41, 5.74) is 0.916. The number of rotatable bonds is 7. The van der Waals surface area contributed by atoms with Gasteiger partial charge in [0.25, 0.3) is 5.56 Å². The lowest BCUT2D eigenvalue weighted by Gasteiger charge is -2.04. The Labute approximate surface area is 157 Å². The van der Waals surface area contributed by atoms with Gasteiger partial charge < -0.3 is 10.1 Å². The van der Waals surface area contributed by atoms with Crippen LogP contribution < -0.4 is 15.6 Å². The summed E-state index contributed by atoms with van der Waals surface area (Å²) in [4.78, 5) is 30.6. The van der Waals surface area contributed by atoms with E-state index < -0.39 is 0 Å². The SMILES string of the molecule is COc1ccc(Cc2nnc(SCC(=O)Nc3nccs3)[nH]c2=O)cc1. The van der Waals surface area contributed by atoms with E-state index in [9.17, 15) is 9.59 Å². The third-order valence-electron chi connectivity index (χ3n) is 3.29. The van der Waals surface area contributed by atoms with Gasteiger partial charge in [-0.1, -0.05) is 23.9 Å². The van der Waals surface area contributed by atoms with Crippen LogP contribution in [-0.2, 0) is 11.2 Å². The van der Waals surface area contributed by atoms with Crippen molar-refractivity contribution < 1.29 is 9.53 Å². The van der Waals surface area contributed by atoms with Gasteiger partial charge in [0.15, 0.2) is 10.3 Å². The minimum atomic E-state index is -0.321. The number of amides is 1. The Morgan fingerprint density at radius 3 is 2.77 bits per heavy atom. The zero-order valence-corrected chi connectivity index (χ0v) is 15.4. The molecule has 3 aromatic rings. The van der Waals surface area contributed by atoms with E-state index in [4.69, 9.17) is 4.74 Å². The van der Waals surface area contributed by atoms with Crippen molar-refractivity contribution in [2.75, 3.05) is 18.2 Å².